The maximum atomic E-state index is 11.8. The second-order valence-electron chi connectivity index (χ2n) is 4.18. The van der Waals surface area contributed by atoms with Crippen LogP contribution in [0.5, 0.6) is 0 Å². The Bertz CT molecular complexity index is 578. The third-order valence-electron chi connectivity index (χ3n) is 2.63. The average Bonchev–Trinajstić information content (AvgIpc) is 2.92. The van der Waals surface area contributed by atoms with E-state index in [1.54, 1.807) is 12.1 Å². The lowest BCUT2D eigenvalue weighted by atomic mass is 10.1. The molecule has 1 unspecified atom stereocenters. The van der Waals surface area contributed by atoms with E-state index in [1.165, 1.54) is 6.26 Å². The van der Waals surface area contributed by atoms with Gasteiger partial charge in [0.25, 0.3) is 0 Å². The molecule has 0 aliphatic carbocycles. The Hall–Kier alpha value is -2.76. The molecule has 0 fully saturated rings. The molecule has 2 aromatic rings. The van der Waals surface area contributed by atoms with Gasteiger partial charge in [-0.1, -0.05) is 30.3 Å². The molecule has 4 N–H and O–H groups in total. The summed E-state index contributed by atoms with van der Waals surface area (Å²) in [6.45, 7) is 1.88. The van der Waals surface area contributed by atoms with Gasteiger partial charge in [0.05, 0.1) is 12.3 Å². The van der Waals surface area contributed by atoms with Crippen LogP contribution in [-0.2, 0) is 0 Å². The molecule has 6 heteroatoms. The molecule has 0 saturated heterocycles. The molecule has 2 rings (SSSR count). The summed E-state index contributed by atoms with van der Waals surface area (Å²) in [5, 5.41) is 5.20. The summed E-state index contributed by atoms with van der Waals surface area (Å²) in [7, 11) is 0. The van der Waals surface area contributed by atoms with Crippen molar-refractivity contribution in [2.24, 2.45) is 10.7 Å². The van der Waals surface area contributed by atoms with E-state index >= 15 is 0 Å². The molecule has 0 aliphatic rings. The van der Waals surface area contributed by atoms with E-state index in [1.807, 2.05) is 37.3 Å². The van der Waals surface area contributed by atoms with Crippen molar-refractivity contribution in [1.82, 2.24) is 10.6 Å². The SMILES string of the molecule is CC(NC(=O)NC(N)=Nc1ccco1)c1ccccc1. The molecule has 0 radical (unpaired) electrons. The fourth-order valence-electron chi connectivity index (χ4n) is 1.65. The zero-order chi connectivity index (χ0) is 14.4. The highest BCUT2D eigenvalue weighted by Crippen LogP contribution is 2.11. The first kappa shape index (κ1) is 13.7. The van der Waals surface area contributed by atoms with Crippen LogP contribution in [0.3, 0.4) is 0 Å². The highest BCUT2D eigenvalue weighted by Gasteiger charge is 2.09. The number of furan rings is 1. The van der Waals surface area contributed by atoms with Gasteiger partial charge in [-0.3, -0.25) is 5.32 Å². The number of guanidine groups is 1. The van der Waals surface area contributed by atoms with Gasteiger partial charge in [-0.2, -0.15) is 4.99 Å². The summed E-state index contributed by atoms with van der Waals surface area (Å²) < 4.78 is 5.00. The summed E-state index contributed by atoms with van der Waals surface area (Å²) in [6, 6.07) is 12.4. The molecule has 0 spiro atoms. The van der Waals surface area contributed by atoms with E-state index in [0.717, 1.165) is 5.56 Å². The van der Waals surface area contributed by atoms with Crippen LogP contribution in [0.15, 0.2) is 58.1 Å². The summed E-state index contributed by atoms with van der Waals surface area (Å²) >= 11 is 0. The van der Waals surface area contributed by atoms with Crippen molar-refractivity contribution >= 4 is 17.9 Å². The van der Waals surface area contributed by atoms with Gasteiger partial charge in [-0.15, -0.1) is 0 Å². The molecule has 0 aliphatic heterocycles. The van der Waals surface area contributed by atoms with Gasteiger partial charge >= 0.3 is 6.03 Å². The molecule has 2 amide bonds. The second kappa shape index (κ2) is 6.42. The van der Waals surface area contributed by atoms with Crippen molar-refractivity contribution in [2.75, 3.05) is 0 Å². The van der Waals surface area contributed by atoms with Crippen molar-refractivity contribution in [3.05, 3.63) is 54.3 Å². The van der Waals surface area contributed by atoms with Crippen molar-refractivity contribution in [2.45, 2.75) is 13.0 Å². The van der Waals surface area contributed by atoms with E-state index < -0.39 is 6.03 Å². The van der Waals surface area contributed by atoms with Crippen LogP contribution in [-0.4, -0.2) is 12.0 Å². The monoisotopic (exact) mass is 272 g/mol. The number of amides is 2. The minimum absolute atomic E-state index is 0.0299. The van der Waals surface area contributed by atoms with Crippen LogP contribution in [0, 0.1) is 0 Å². The normalized spacial score (nSPS) is 12.8. The van der Waals surface area contributed by atoms with Crippen LogP contribution >= 0.6 is 0 Å². The Morgan fingerprint density at radius 2 is 2.00 bits per heavy atom. The Kier molecular flexibility index (Phi) is 4.39. The van der Waals surface area contributed by atoms with Crippen LogP contribution < -0.4 is 16.4 Å². The van der Waals surface area contributed by atoms with Gasteiger partial charge in [0.2, 0.25) is 11.8 Å². The molecule has 1 aromatic carbocycles. The number of hydrogen-bond acceptors (Lipinski definition) is 3. The molecular weight excluding hydrogens is 256 g/mol. The number of benzene rings is 1. The first-order valence-corrected chi connectivity index (χ1v) is 6.15. The Balaban J connectivity index is 1.89. The topological polar surface area (TPSA) is 92.7 Å². The van der Waals surface area contributed by atoms with E-state index in [2.05, 4.69) is 15.6 Å². The number of aliphatic imine (C=N–C) groups is 1. The van der Waals surface area contributed by atoms with Crippen molar-refractivity contribution < 1.29 is 9.21 Å². The van der Waals surface area contributed by atoms with Gasteiger partial charge in [0.15, 0.2) is 0 Å². The van der Waals surface area contributed by atoms with Crippen molar-refractivity contribution in [1.29, 1.82) is 0 Å². The van der Waals surface area contributed by atoms with Gasteiger partial charge in [0.1, 0.15) is 0 Å². The lowest BCUT2D eigenvalue weighted by Crippen LogP contribution is -2.44. The van der Waals surface area contributed by atoms with Crippen molar-refractivity contribution in [3.63, 3.8) is 0 Å². The molecule has 1 atom stereocenters. The lowest BCUT2D eigenvalue weighted by Gasteiger charge is -2.14. The fourth-order valence-corrected chi connectivity index (χ4v) is 1.65. The van der Waals surface area contributed by atoms with Gasteiger partial charge in [-0.05, 0) is 18.6 Å². The Morgan fingerprint density at radius 1 is 1.25 bits per heavy atom. The summed E-state index contributed by atoms with van der Waals surface area (Å²) in [5.74, 6) is 0.302. The first-order chi connectivity index (χ1) is 9.65. The van der Waals surface area contributed by atoms with Crippen molar-refractivity contribution in [3.8, 4) is 0 Å². The van der Waals surface area contributed by atoms with Gasteiger partial charge in [-0.25, -0.2) is 4.79 Å². The molecule has 1 aromatic heterocycles. The first-order valence-electron chi connectivity index (χ1n) is 6.15. The lowest BCUT2D eigenvalue weighted by molar-refractivity contribution is 0.242. The number of nitrogens with zero attached hydrogens (tertiary/aromatic N) is 1. The highest BCUT2D eigenvalue weighted by molar-refractivity contribution is 5.96. The summed E-state index contributed by atoms with van der Waals surface area (Å²) in [5.41, 5.74) is 6.60. The molecule has 104 valence electrons. The molecular formula is C14H16N4O2. The minimum Gasteiger partial charge on any atom is -0.447 e. The Morgan fingerprint density at radius 3 is 2.65 bits per heavy atom. The third kappa shape index (κ3) is 3.88. The number of nitrogens with two attached hydrogens (primary N) is 1. The van der Waals surface area contributed by atoms with Crippen LogP contribution in [0.4, 0.5) is 10.7 Å². The van der Waals surface area contributed by atoms with E-state index in [0.29, 0.717) is 5.88 Å². The number of carbonyl (C=O) groups is 1. The fraction of sp³-hybridized carbons (Fsp3) is 0.143. The molecule has 6 nitrogen and oxygen atoms in total. The maximum Gasteiger partial charge on any atom is 0.322 e. The zero-order valence-corrected chi connectivity index (χ0v) is 11.0. The standard InChI is InChI=1S/C14H16N4O2/c1-10(11-6-3-2-4-7-11)16-14(19)18-13(15)17-12-8-5-9-20-12/h2-10H,1H3,(H4,15,16,17,18,19). The second-order valence-corrected chi connectivity index (χ2v) is 4.18. The maximum absolute atomic E-state index is 11.8. The largest absolute Gasteiger partial charge is 0.447 e. The molecule has 1 heterocycles. The summed E-state index contributed by atoms with van der Waals surface area (Å²) in [4.78, 5) is 15.6. The summed E-state index contributed by atoms with van der Waals surface area (Å²) in [6.07, 6.45) is 1.48. The van der Waals surface area contributed by atoms with Crippen LogP contribution in [0.25, 0.3) is 0 Å². The zero-order valence-electron chi connectivity index (χ0n) is 11.0. The van der Waals surface area contributed by atoms with Crippen LogP contribution in [0.2, 0.25) is 0 Å². The highest BCUT2D eigenvalue weighted by atomic mass is 16.3. The van der Waals surface area contributed by atoms with E-state index in [4.69, 9.17) is 10.2 Å². The molecule has 20 heavy (non-hydrogen) atoms. The smallest absolute Gasteiger partial charge is 0.322 e. The van der Waals surface area contributed by atoms with E-state index in [9.17, 15) is 4.79 Å². The number of rotatable bonds is 3. The number of urea groups is 1. The minimum atomic E-state index is -0.422. The average molecular weight is 272 g/mol. The number of carbonyl (C=O) groups excluding carboxylic acids is 1. The predicted molar refractivity (Wildman–Crippen MR) is 76.5 cm³/mol. The van der Waals surface area contributed by atoms with E-state index in [-0.39, 0.29) is 12.0 Å². The quantitative estimate of drug-likeness (QED) is 0.591. The molecule has 0 bridgehead atoms. The third-order valence-corrected chi connectivity index (χ3v) is 2.63. The number of hydrogen-bond donors (Lipinski definition) is 3. The van der Waals surface area contributed by atoms with Gasteiger partial charge in [0, 0.05) is 6.07 Å². The van der Waals surface area contributed by atoms with Gasteiger partial charge < -0.3 is 15.5 Å². The predicted octanol–water partition coefficient (Wildman–Crippen LogP) is 2.29. The number of nitrogens with one attached hydrogen (secondary N) is 2. The molecule has 0 saturated carbocycles. The van der Waals surface area contributed by atoms with Crippen LogP contribution in [0.1, 0.15) is 18.5 Å². The Labute approximate surface area is 116 Å².